The van der Waals surface area contributed by atoms with Crippen molar-refractivity contribution in [3.63, 3.8) is 0 Å². The fourth-order valence-electron chi connectivity index (χ4n) is 1.90. The fourth-order valence-corrected chi connectivity index (χ4v) is 2.88. The third kappa shape index (κ3) is 1.79. The second-order valence-corrected chi connectivity index (χ2v) is 4.91. The molecule has 19 heavy (non-hydrogen) atoms. The number of anilines is 1. The van der Waals surface area contributed by atoms with E-state index in [0.29, 0.717) is 11.5 Å². The van der Waals surface area contributed by atoms with Gasteiger partial charge in [0.15, 0.2) is 12.1 Å². The lowest BCUT2D eigenvalue weighted by molar-refractivity contribution is 0.111. The smallest absolute Gasteiger partial charge is 0.185 e. The molecule has 0 aromatic carbocycles. The molecule has 6 nitrogen and oxygen atoms in total. The summed E-state index contributed by atoms with van der Waals surface area (Å²) in [7, 11) is 0. The number of nitrogens with zero attached hydrogens (tertiary/aromatic N) is 4. The number of hydrazine groups is 1. The van der Waals surface area contributed by atoms with E-state index in [0.717, 1.165) is 22.1 Å². The number of nitrogens with two attached hydrogens (primary N) is 1. The molecule has 0 aliphatic heterocycles. The van der Waals surface area contributed by atoms with Crippen LogP contribution in [0.4, 0.5) is 5.82 Å². The van der Waals surface area contributed by atoms with E-state index in [4.69, 9.17) is 5.84 Å². The van der Waals surface area contributed by atoms with Crippen molar-refractivity contribution in [2.75, 3.05) is 5.12 Å². The zero-order valence-corrected chi connectivity index (χ0v) is 11.0. The SMILES string of the molecule is Cc1csc2c(N(N)n3cccc3C=O)ncnc12. The molecule has 0 unspecified atom stereocenters. The van der Waals surface area contributed by atoms with Crippen LogP contribution in [0.2, 0.25) is 0 Å². The largest absolute Gasteiger partial charge is 0.296 e. The Kier molecular flexibility index (Phi) is 2.77. The number of fused-ring (bicyclic) bond motifs is 1. The summed E-state index contributed by atoms with van der Waals surface area (Å²) in [6, 6.07) is 3.44. The summed E-state index contributed by atoms with van der Waals surface area (Å²) < 4.78 is 2.44. The fraction of sp³-hybridized carbons (Fsp3) is 0.0833. The molecule has 0 bridgehead atoms. The Morgan fingerprint density at radius 2 is 2.32 bits per heavy atom. The topological polar surface area (TPSA) is 77.0 Å². The van der Waals surface area contributed by atoms with Gasteiger partial charge in [0.1, 0.15) is 12.0 Å². The third-order valence-electron chi connectivity index (χ3n) is 2.84. The van der Waals surface area contributed by atoms with Gasteiger partial charge in [0, 0.05) is 6.20 Å². The molecule has 3 aromatic heterocycles. The van der Waals surface area contributed by atoms with E-state index in [2.05, 4.69) is 9.97 Å². The van der Waals surface area contributed by atoms with Gasteiger partial charge in [-0.15, -0.1) is 11.3 Å². The highest BCUT2D eigenvalue weighted by Crippen LogP contribution is 2.30. The van der Waals surface area contributed by atoms with Crippen LogP contribution in [0.5, 0.6) is 0 Å². The first kappa shape index (κ1) is 11.8. The number of hydrogen-bond acceptors (Lipinski definition) is 6. The van der Waals surface area contributed by atoms with Gasteiger partial charge < -0.3 is 0 Å². The van der Waals surface area contributed by atoms with Crippen molar-refractivity contribution in [1.29, 1.82) is 0 Å². The number of thiophene rings is 1. The van der Waals surface area contributed by atoms with Crippen LogP contribution in [-0.2, 0) is 0 Å². The monoisotopic (exact) mass is 273 g/mol. The molecule has 7 heteroatoms. The average molecular weight is 273 g/mol. The number of hydrogen-bond donors (Lipinski definition) is 1. The van der Waals surface area contributed by atoms with E-state index >= 15 is 0 Å². The Bertz CT molecular complexity index is 748. The van der Waals surface area contributed by atoms with Crippen LogP contribution in [0.25, 0.3) is 10.2 Å². The third-order valence-corrected chi connectivity index (χ3v) is 3.92. The highest BCUT2D eigenvalue weighted by molar-refractivity contribution is 7.18. The molecule has 0 radical (unpaired) electrons. The Morgan fingerprint density at radius 3 is 3.11 bits per heavy atom. The minimum Gasteiger partial charge on any atom is -0.296 e. The number of carbonyl (C=O) groups is 1. The quantitative estimate of drug-likeness (QED) is 0.447. The van der Waals surface area contributed by atoms with Crippen molar-refractivity contribution in [3.05, 3.63) is 41.3 Å². The van der Waals surface area contributed by atoms with Crippen LogP contribution in [-0.4, -0.2) is 20.9 Å². The minimum atomic E-state index is 0.461. The van der Waals surface area contributed by atoms with E-state index in [-0.39, 0.29) is 0 Å². The van der Waals surface area contributed by atoms with E-state index in [1.807, 2.05) is 12.3 Å². The normalized spacial score (nSPS) is 10.8. The van der Waals surface area contributed by atoms with E-state index in [1.54, 1.807) is 23.0 Å². The van der Waals surface area contributed by atoms with Gasteiger partial charge in [-0.25, -0.2) is 20.5 Å². The van der Waals surface area contributed by atoms with Crippen molar-refractivity contribution in [2.45, 2.75) is 6.92 Å². The van der Waals surface area contributed by atoms with Crippen LogP contribution in [0, 0.1) is 6.92 Å². The van der Waals surface area contributed by atoms with Gasteiger partial charge in [-0.05, 0) is 30.0 Å². The molecule has 0 atom stereocenters. The molecule has 96 valence electrons. The van der Waals surface area contributed by atoms with Crippen LogP contribution >= 0.6 is 11.3 Å². The number of carbonyl (C=O) groups excluding carboxylic acids is 1. The first-order valence-electron chi connectivity index (χ1n) is 5.59. The summed E-state index contributed by atoms with van der Waals surface area (Å²) in [5.74, 6) is 6.64. The predicted octanol–water partition coefficient (Wildman–Crippen LogP) is 1.76. The molecule has 0 amide bonds. The van der Waals surface area contributed by atoms with Crippen molar-refractivity contribution in [3.8, 4) is 0 Å². The Balaban J connectivity index is 2.16. The second kappa shape index (κ2) is 4.45. The van der Waals surface area contributed by atoms with Gasteiger partial charge >= 0.3 is 0 Å². The van der Waals surface area contributed by atoms with Crippen molar-refractivity contribution < 1.29 is 4.79 Å². The summed E-state index contributed by atoms with van der Waals surface area (Å²) >= 11 is 1.53. The molecule has 0 saturated heterocycles. The van der Waals surface area contributed by atoms with Gasteiger partial charge in [0.05, 0.1) is 10.2 Å². The number of aldehydes is 1. The number of aryl methyl sites for hydroxylation is 1. The van der Waals surface area contributed by atoms with Gasteiger partial charge in [-0.3, -0.25) is 4.79 Å². The lowest BCUT2D eigenvalue weighted by Gasteiger charge is -2.20. The van der Waals surface area contributed by atoms with E-state index < -0.39 is 0 Å². The van der Waals surface area contributed by atoms with Crippen molar-refractivity contribution in [1.82, 2.24) is 14.6 Å². The highest BCUT2D eigenvalue weighted by Gasteiger charge is 2.15. The van der Waals surface area contributed by atoms with E-state index in [1.165, 1.54) is 22.8 Å². The molecule has 3 aromatic rings. The summed E-state index contributed by atoms with van der Waals surface area (Å²) in [6.07, 6.45) is 3.93. The van der Waals surface area contributed by atoms with Crippen LogP contribution < -0.4 is 11.0 Å². The van der Waals surface area contributed by atoms with Gasteiger partial charge in [0.25, 0.3) is 0 Å². The molecular formula is C12H11N5OS. The molecule has 0 spiro atoms. The standard InChI is InChI=1S/C12H11N5OS/c1-8-6-19-11-10(8)14-7-15-12(11)17(13)16-4-2-3-9(16)5-18/h2-7H,13H2,1H3. The first-order valence-corrected chi connectivity index (χ1v) is 6.47. The van der Waals surface area contributed by atoms with Gasteiger partial charge in [-0.2, -0.15) is 5.12 Å². The highest BCUT2D eigenvalue weighted by atomic mass is 32.1. The zero-order valence-electron chi connectivity index (χ0n) is 10.1. The predicted molar refractivity (Wildman–Crippen MR) is 74.0 cm³/mol. The molecule has 3 heterocycles. The lowest BCUT2D eigenvalue weighted by atomic mass is 10.3. The maximum atomic E-state index is 11.0. The number of rotatable bonds is 3. The molecule has 3 rings (SSSR count). The van der Waals surface area contributed by atoms with Crippen LogP contribution in [0.3, 0.4) is 0 Å². The molecule has 0 aliphatic rings. The second-order valence-electron chi connectivity index (χ2n) is 4.03. The average Bonchev–Trinajstić information content (AvgIpc) is 3.05. The summed E-state index contributed by atoms with van der Waals surface area (Å²) in [6.45, 7) is 1.99. The molecule has 0 fully saturated rings. The first-order chi connectivity index (χ1) is 9.22. The molecule has 2 N–H and O–H groups in total. The Labute approximate surface area is 113 Å². The van der Waals surface area contributed by atoms with Crippen LogP contribution in [0.15, 0.2) is 30.0 Å². The zero-order chi connectivity index (χ0) is 13.4. The van der Waals surface area contributed by atoms with Gasteiger partial charge in [0.2, 0.25) is 0 Å². The van der Waals surface area contributed by atoms with Crippen molar-refractivity contribution in [2.24, 2.45) is 5.84 Å². The molecular weight excluding hydrogens is 262 g/mol. The maximum Gasteiger partial charge on any atom is 0.185 e. The molecule has 0 saturated carbocycles. The number of aromatic nitrogens is 3. The Hall–Kier alpha value is -2.25. The van der Waals surface area contributed by atoms with Gasteiger partial charge in [-0.1, -0.05) is 0 Å². The van der Waals surface area contributed by atoms with E-state index in [9.17, 15) is 4.79 Å². The summed E-state index contributed by atoms with van der Waals surface area (Å²) in [4.78, 5) is 19.4. The maximum absolute atomic E-state index is 11.0. The lowest BCUT2D eigenvalue weighted by Crippen LogP contribution is -2.37. The van der Waals surface area contributed by atoms with Crippen LogP contribution in [0.1, 0.15) is 16.1 Å². The van der Waals surface area contributed by atoms with Crippen molar-refractivity contribution >= 4 is 33.7 Å². The summed E-state index contributed by atoms with van der Waals surface area (Å²) in [5.41, 5.74) is 2.42. The summed E-state index contributed by atoms with van der Waals surface area (Å²) in [5, 5.41) is 3.36. The molecule has 0 aliphatic carbocycles. The Morgan fingerprint density at radius 1 is 1.47 bits per heavy atom. The minimum absolute atomic E-state index is 0.461.